The van der Waals surface area contributed by atoms with E-state index in [1.807, 2.05) is 30.9 Å². The molecule has 2 heterocycles. The molecular formula is C13H17BrN2O2. The van der Waals surface area contributed by atoms with E-state index < -0.39 is 0 Å². The molecule has 1 fully saturated rings. The zero-order chi connectivity index (χ0) is 13.1. The summed E-state index contributed by atoms with van der Waals surface area (Å²) in [5, 5.41) is 0. The fraction of sp³-hybridized carbons (Fsp3) is 0.538. The number of alkyl halides is 1. The molecule has 1 aromatic rings. The van der Waals surface area contributed by atoms with Gasteiger partial charge in [0.15, 0.2) is 0 Å². The summed E-state index contributed by atoms with van der Waals surface area (Å²) in [4.78, 5) is 18.0. The molecule has 1 aliphatic heterocycles. The fourth-order valence-electron chi connectivity index (χ4n) is 1.95. The van der Waals surface area contributed by atoms with Gasteiger partial charge in [-0.2, -0.15) is 0 Å². The maximum atomic E-state index is 11.7. The van der Waals surface area contributed by atoms with Crippen molar-refractivity contribution in [2.24, 2.45) is 0 Å². The van der Waals surface area contributed by atoms with Crippen LogP contribution in [-0.2, 0) is 11.3 Å². The number of aromatic nitrogens is 1. The van der Waals surface area contributed by atoms with E-state index >= 15 is 0 Å². The zero-order valence-corrected chi connectivity index (χ0v) is 12.2. The van der Waals surface area contributed by atoms with Crippen LogP contribution in [0.5, 0.6) is 5.88 Å². The van der Waals surface area contributed by atoms with E-state index in [9.17, 15) is 4.79 Å². The van der Waals surface area contributed by atoms with Gasteiger partial charge in [0.05, 0.1) is 6.10 Å². The second kappa shape index (κ2) is 5.69. The van der Waals surface area contributed by atoms with Gasteiger partial charge in [0.1, 0.15) is 0 Å². The number of ether oxygens (including phenoxy) is 1. The van der Waals surface area contributed by atoms with Crippen molar-refractivity contribution in [2.75, 3.05) is 6.54 Å². The summed E-state index contributed by atoms with van der Waals surface area (Å²) in [5.41, 5.74) is 1.05. The van der Waals surface area contributed by atoms with Crippen LogP contribution in [0.4, 0.5) is 0 Å². The average molecular weight is 313 g/mol. The van der Waals surface area contributed by atoms with Crippen LogP contribution in [0, 0.1) is 0 Å². The summed E-state index contributed by atoms with van der Waals surface area (Å²) in [6.07, 6.45) is 2.41. The summed E-state index contributed by atoms with van der Waals surface area (Å²) in [6, 6.07) is 3.82. The highest BCUT2D eigenvalue weighted by atomic mass is 79.9. The third-order valence-electron chi connectivity index (χ3n) is 2.70. The molecular weight excluding hydrogens is 296 g/mol. The standard InChI is InChI=1S/C13H17BrN2O2/c1-9(2)18-12-5-10(3-4-15-12)7-16-8-11(14)6-13(16)17/h3-5,9,11H,6-8H2,1-2H3. The number of pyridine rings is 1. The minimum atomic E-state index is 0.105. The first-order valence-electron chi connectivity index (χ1n) is 6.08. The maximum Gasteiger partial charge on any atom is 0.224 e. The Balaban J connectivity index is 2.03. The van der Waals surface area contributed by atoms with Crippen molar-refractivity contribution in [1.29, 1.82) is 0 Å². The number of hydrogen-bond acceptors (Lipinski definition) is 3. The average Bonchev–Trinajstić information content (AvgIpc) is 2.57. The lowest BCUT2D eigenvalue weighted by atomic mass is 10.2. The van der Waals surface area contributed by atoms with E-state index in [0.29, 0.717) is 18.8 Å². The highest BCUT2D eigenvalue weighted by molar-refractivity contribution is 9.09. The molecule has 2 rings (SSSR count). The molecule has 0 aromatic carbocycles. The molecule has 1 saturated heterocycles. The van der Waals surface area contributed by atoms with Crippen molar-refractivity contribution >= 4 is 21.8 Å². The molecule has 1 unspecified atom stereocenters. The van der Waals surface area contributed by atoms with Gasteiger partial charge in [-0.25, -0.2) is 4.98 Å². The number of carbonyl (C=O) groups excluding carboxylic acids is 1. The maximum absolute atomic E-state index is 11.7. The van der Waals surface area contributed by atoms with Crippen molar-refractivity contribution in [3.63, 3.8) is 0 Å². The van der Waals surface area contributed by atoms with Crippen molar-refractivity contribution in [3.8, 4) is 5.88 Å². The van der Waals surface area contributed by atoms with Crippen molar-refractivity contribution in [2.45, 2.75) is 37.7 Å². The molecule has 0 spiro atoms. The van der Waals surface area contributed by atoms with Gasteiger partial charge in [-0.1, -0.05) is 15.9 Å². The van der Waals surface area contributed by atoms with Crippen LogP contribution >= 0.6 is 15.9 Å². The fourth-order valence-corrected chi connectivity index (χ4v) is 2.58. The number of carbonyl (C=O) groups is 1. The Morgan fingerprint density at radius 3 is 3.00 bits per heavy atom. The Hall–Kier alpha value is -1.10. The minimum Gasteiger partial charge on any atom is -0.475 e. The van der Waals surface area contributed by atoms with Crippen LogP contribution in [0.15, 0.2) is 18.3 Å². The first-order valence-corrected chi connectivity index (χ1v) is 6.99. The molecule has 0 radical (unpaired) electrons. The SMILES string of the molecule is CC(C)Oc1cc(CN2CC(Br)CC2=O)ccn1. The lowest BCUT2D eigenvalue weighted by molar-refractivity contribution is -0.128. The highest BCUT2D eigenvalue weighted by Gasteiger charge is 2.27. The van der Waals surface area contributed by atoms with Crippen LogP contribution in [0.25, 0.3) is 0 Å². The summed E-state index contributed by atoms with van der Waals surface area (Å²) in [7, 11) is 0. The van der Waals surface area contributed by atoms with Gasteiger partial charge in [0.25, 0.3) is 0 Å². The highest BCUT2D eigenvalue weighted by Crippen LogP contribution is 2.21. The Morgan fingerprint density at radius 1 is 1.61 bits per heavy atom. The molecule has 1 aromatic heterocycles. The third-order valence-corrected chi connectivity index (χ3v) is 3.31. The zero-order valence-electron chi connectivity index (χ0n) is 10.6. The van der Waals surface area contributed by atoms with E-state index in [2.05, 4.69) is 20.9 Å². The molecule has 0 saturated carbocycles. The minimum absolute atomic E-state index is 0.105. The van der Waals surface area contributed by atoms with E-state index in [0.717, 1.165) is 12.1 Å². The molecule has 1 atom stereocenters. The number of rotatable bonds is 4. The first-order chi connectivity index (χ1) is 8.54. The molecule has 1 aliphatic rings. The number of halogens is 1. The lowest BCUT2D eigenvalue weighted by Gasteiger charge is -2.16. The largest absolute Gasteiger partial charge is 0.475 e. The number of amides is 1. The predicted octanol–water partition coefficient (Wildman–Crippen LogP) is 2.36. The Kier molecular flexibility index (Phi) is 4.22. The quantitative estimate of drug-likeness (QED) is 0.802. The first kappa shape index (κ1) is 13.3. The molecule has 0 N–H and O–H groups in total. The van der Waals surface area contributed by atoms with Gasteiger partial charge >= 0.3 is 0 Å². The van der Waals surface area contributed by atoms with Crippen molar-refractivity contribution in [1.82, 2.24) is 9.88 Å². The molecule has 0 bridgehead atoms. The van der Waals surface area contributed by atoms with Gasteiger partial charge in [-0.05, 0) is 25.5 Å². The Labute approximate surface area is 115 Å². The van der Waals surface area contributed by atoms with Gasteiger partial charge in [-0.15, -0.1) is 0 Å². The molecule has 0 aliphatic carbocycles. The molecule has 1 amide bonds. The van der Waals surface area contributed by atoms with E-state index in [1.165, 1.54) is 0 Å². The van der Waals surface area contributed by atoms with E-state index in [1.54, 1.807) is 6.20 Å². The second-order valence-corrected chi connectivity index (χ2v) is 6.04. The summed E-state index contributed by atoms with van der Waals surface area (Å²) >= 11 is 3.48. The van der Waals surface area contributed by atoms with Crippen LogP contribution in [0.3, 0.4) is 0 Å². The van der Waals surface area contributed by atoms with Gasteiger partial charge in [-0.3, -0.25) is 4.79 Å². The van der Waals surface area contributed by atoms with Gasteiger partial charge in [0, 0.05) is 36.6 Å². The van der Waals surface area contributed by atoms with Crippen molar-refractivity contribution in [3.05, 3.63) is 23.9 Å². The van der Waals surface area contributed by atoms with Crippen LogP contribution in [0.2, 0.25) is 0 Å². The van der Waals surface area contributed by atoms with Crippen molar-refractivity contribution < 1.29 is 9.53 Å². The van der Waals surface area contributed by atoms with Gasteiger partial charge in [0.2, 0.25) is 11.8 Å². The monoisotopic (exact) mass is 312 g/mol. The lowest BCUT2D eigenvalue weighted by Crippen LogP contribution is -2.24. The summed E-state index contributed by atoms with van der Waals surface area (Å²) in [5.74, 6) is 0.810. The second-order valence-electron chi connectivity index (χ2n) is 4.74. The molecule has 5 heteroatoms. The summed E-state index contributed by atoms with van der Waals surface area (Å²) in [6.45, 7) is 5.32. The number of likely N-dealkylation sites (tertiary alicyclic amines) is 1. The Morgan fingerprint density at radius 2 is 2.39 bits per heavy atom. The van der Waals surface area contributed by atoms with Crippen LogP contribution < -0.4 is 4.74 Å². The van der Waals surface area contributed by atoms with Crippen LogP contribution in [-0.4, -0.2) is 33.3 Å². The third kappa shape index (κ3) is 3.45. The van der Waals surface area contributed by atoms with E-state index in [4.69, 9.17) is 4.74 Å². The summed E-state index contributed by atoms with van der Waals surface area (Å²) < 4.78 is 5.54. The normalized spacial score (nSPS) is 19.7. The number of nitrogens with zero attached hydrogens (tertiary/aromatic N) is 2. The van der Waals surface area contributed by atoms with Gasteiger partial charge < -0.3 is 9.64 Å². The topological polar surface area (TPSA) is 42.4 Å². The predicted molar refractivity (Wildman–Crippen MR) is 72.8 cm³/mol. The molecule has 18 heavy (non-hydrogen) atoms. The van der Waals surface area contributed by atoms with E-state index in [-0.39, 0.29) is 16.8 Å². The molecule has 4 nitrogen and oxygen atoms in total. The Bertz CT molecular complexity index is 437. The molecule has 98 valence electrons. The smallest absolute Gasteiger partial charge is 0.224 e. The number of hydrogen-bond donors (Lipinski definition) is 0. The van der Waals surface area contributed by atoms with Crippen LogP contribution in [0.1, 0.15) is 25.8 Å².